The van der Waals surface area contributed by atoms with E-state index in [2.05, 4.69) is 10.5 Å². The Morgan fingerprint density at radius 2 is 1.73 bits per heavy atom. The van der Waals surface area contributed by atoms with Crippen LogP contribution in [0.15, 0.2) is 41.5 Å². The van der Waals surface area contributed by atoms with Crippen LogP contribution in [0.1, 0.15) is 15.9 Å². The van der Waals surface area contributed by atoms with Crippen molar-refractivity contribution in [2.45, 2.75) is 0 Å². The van der Waals surface area contributed by atoms with Crippen molar-refractivity contribution in [3.63, 3.8) is 0 Å². The highest BCUT2D eigenvalue weighted by Gasteiger charge is 2.18. The Bertz CT molecular complexity index is 833. The Balaban J connectivity index is 2.19. The van der Waals surface area contributed by atoms with Gasteiger partial charge in [-0.3, -0.25) is 14.9 Å². The SMILES string of the molecule is COc1ccc(C(=O)N/N=C/c2cc([N+](=O)[O-])c(OC)cc2OC)cc1. The van der Waals surface area contributed by atoms with Crippen molar-refractivity contribution in [2.24, 2.45) is 5.10 Å². The third-order valence-corrected chi connectivity index (χ3v) is 3.45. The smallest absolute Gasteiger partial charge is 0.311 e. The van der Waals surface area contributed by atoms with Gasteiger partial charge in [-0.25, -0.2) is 5.43 Å². The number of carbonyl (C=O) groups excluding carboxylic acids is 1. The number of hydrogen-bond donors (Lipinski definition) is 1. The van der Waals surface area contributed by atoms with Crippen molar-refractivity contribution in [2.75, 3.05) is 21.3 Å². The zero-order valence-electron chi connectivity index (χ0n) is 14.4. The first kappa shape index (κ1) is 18.7. The maximum absolute atomic E-state index is 12.0. The monoisotopic (exact) mass is 359 g/mol. The average molecular weight is 359 g/mol. The molecule has 136 valence electrons. The lowest BCUT2D eigenvalue weighted by Gasteiger charge is -2.08. The summed E-state index contributed by atoms with van der Waals surface area (Å²) in [4.78, 5) is 22.6. The predicted octanol–water partition coefficient (Wildman–Crippen LogP) is 2.38. The van der Waals surface area contributed by atoms with Crippen LogP contribution in [0.2, 0.25) is 0 Å². The molecule has 0 aliphatic rings. The van der Waals surface area contributed by atoms with Crippen LogP contribution in [0.25, 0.3) is 0 Å². The number of ether oxygens (including phenoxy) is 3. The van der Waals surface area contributed by atoms with E-state index in [1.807, 2.05) is 0 Å². The fourth-order valence-electron chi connectivity index (χ4n) is 2.12. The molecule has 0 spiro atoms. The van der Waals surface area contributed by atoms with Crippen molar-refractivity contribution in [1.29, 1.82) is 0 Å². The fraction of sp³-hybridized carbons (Fsp3) is 0.176. The van der Waals surface area contributed by atoms with Gasteiger partial charge in [0.05, 0.1) is 32.5 Å². The van der Waals surface area contributed by atoms with Crippen LogP contribution in [-0.2, 0) is 0 Å². The molecule has 0 fully saturated rings. The Morgan fingerprint density at radius 3 is 2.27 bits per heavy atom. The standard InChI is InChI=1S/C17H17N3O6/c1-24-13-6-4-11(5-7-13)17(21)19-18-10-12-8-14(20(22)23)16(26-3)9-15(12)25-2/h4-10H,1-3H3,(H,19,21)/b18-10+. The molecule has 0 atom stereocenters. The Hall–Kier alpha value is -3.62. The number of amides is 1. The quantitative estimate of drug-likeness (QED) is 0.461. The van der Waals surface area contributed by atoms with Crippen LogP contribution in [0.5, 0.6) is 17.2 Å². The van der Waals surface area contributed by atoms with Gasteiger partial charge >= 0.3 is 5.69 Å². The predicted molar refractivity (Wildman–Crippen MR) is 94.3 cm³/mol. The first-order chi connectivity index (χ1) is 12.5. The van der Waals surface area contributed by atoms with Gasteiger partial charge in [0.1, 0.15) is 11.5 Å². The first-order valence-electron chi connectivity index (χ1n) is 7.38. The van der Waals surface area contributed by atoms with Crippen molar-refractivity contribution in [3.8, 4) is 17.2 Å². The van der Waals surface area contributed by atoms with E-state index < -0.39 is 10.8 Å². The molecule has 9 nitrogen and oxygen atoms in total. The largest absolute Gasteiger partial charge is 0.497 e. The molecule has 0 aliphatic heterocycles. The summed E-state index contributed by atoms with van der Waals surface area (Å²) in [5.41, 5.74) is 2.81. The third-order valence-electron chi connectivity index (χ3n) is 3.45. The van der Waals surface area contributed by atoms with Crippen molar-refractivity contribution in [3.05, 3.63) is 57.6 Å². The third kappa shape index (κ3) is 4.26. The molecule has 9 heteroatoms. The molecular weight excluding hydrogens is 342 g/mol. The molecule has 0 aliphatic carbocycles. The number of benzene rings is 2. The highest BCUT2D eigenvalue weighted by molar-refractivity contribution is 5.95. The maximum atomic E-state index is 12.0. The summed E-state index contributed by atoms with van der Waals surface area (Å²) in [5, 5.41) is 14.9. The number of nitrogens with zero attached hydrogens (tertiary/aromatic N) is 2. The highest BCUT2D eigenvalue weighted by Crippen LogP contribution is 2.33. The number of methoxy groups -OCH3 is 3. The van der Waals surface area contributed by atoms with E-state index >= 15 is 0 Å². The second kappa shape index (κ2) is 8.47. The minimum atomic E-state index is -0.578. The van der Waals surface area contributed by atoms with Gasteiger partial charge in [-0.2, -0.15) is 5.10 Å². The van der Waals surface area contributed by atoms with Gasteiger partial charge < -0.3 is 14.2 Å². The minimum absolute atomic E-state index is 0.0614. The van der Waals surface area contributed by atoms with Gasteiger partial charge in [0.2, 0.25) is 5.75 Å². The summed E-state index contributed by atoms with van der Waals surface area (Å²) in [5.74, 6) is 0.562. The molecule has 2 aromatic rings. The Kier molecular flexibility index (Phi) is 6.10. The van der Waals surface area contributed by atoms with Crippen molar-refractivity contribution >= 4 is 17.8 Å². The summed E-state index contributed by atoms with van der Waals surface area (Å²) >= 11 is 0. The molecule has 0 saturated carbocycles. The molecule has 26 heavy (non-hydrogen) atoms. The van der Waals surface area contributed by atoms with Crippen LogP contribution in [0, 0.1) is 10.1 Å². The van der Waals surface area contributed by atoms with E-state index in [9.17, 15) is 14.9 Å². The molecule has 0 unspecified atom stereocenters. The van der Waals surface area contributed by atoms with E-state index in [0.717, 1.165) is 0 Å². The minimum Gasteiger partial charge on any atom is -0.497 e. The number of hydrazone groups is 1. The summed E-state index contributed by atoms with van der Waals surface area (Å²) < 4.78 is 15.2. The van der Waals surface area contributed by atoms with Gasteiger partial charge in [0.25, 0.3) is 5.91 Å². The summed E-state index contributed by atoms with van der Waals surface area (Å²) in [7, 11) is 4.26. The van der Waals surface area contributed by atoms with E-state index in [1.165, 1.54) is 39.7 Å². The molecule has 1 N–H and O–H groups in total. The lowest BCUT2D eigenvalue weighted by Crippen LogP contribution is -2.17. The number of carbonyl (C=O) groups is 1. The first-order valence-corrected chi connectivity index (χ1v) is 7.38. The number of nitrogens with one attached hydrogen (secondary N) is 1. The number of nitro groups is 1. The fourth-order valence-corrected chi connectivity index (χ4v) is 2.12. The molecule has 1 amide bonds. The zero-order chi connectivity index (χ0) is 19.1. The zero-order valence-corrected chi connectivity index (χ0v) is 14.4. The molecule has 0 saturated heterocycles. The van der Waals surface area contributed by atoms with Gasteiger partial charge in [-0.1, -0.05) is 0 Å². The second-order valence-electron chi connectivity index (χ2n) is 4.95. The Morgan fingerprint density at radius 1 is 1.08 bits per heavy atom. The molecule has 0 radical (unpaired) electrons. The molecule has 2 aromatic carbocycles. The topological polar surface area (TPSA) is 112 Å². The van der Waals surface area contributed by atoms with Gasteiger partial charge in [0, 0.05) is 23.3 Å². The lowest BCUT2D eigenvalue weighted by atomic mass is 10.1. The van der Waals surface area contributed by atoms with Crippen molar-refractivity contribution < 1.29 is 23.9 Å². The van der Waals surface area contributed by atoms with Crippen LogP contribution >= 0.6 is 0 Å². The maximum Gasteiger partial charge on any atom is 0.311 e. The van der Waals surface area contributed by atoms with E-state index in [1.54, 1.807) is 24.3 Å². The molecule has 0 bridgehead atoms. The number of nitro benzene ring substituents is 1. The summed E-state index contributed by atoms with van der Waals surface area (Å²) in [6.07, 6.45) is 1.26. The van der Waals surface area contributed by atoms with Gasteiger partial charge in [0.15, 0.2) is 0 Å². The molecule has 2 rings (SSSR count). The molecule has 0 heterocycles. The lowest BCUT2D eigenvalue weighted by molar-refractivity contribution is -0.385. The number of hydrogen-bond acceptors (Lipinski definition) is 7. The summed E-state index contributed by atoms with van der Waals surface area (Å²) in [6.45, 7) is 0. The van der Waals surface area contributed by atoms with E-state index in [0.29, 0.717) is 22.6 Å². The highest BCUT2D eigenvalue weighted by atomic mass is 16.6. The summed E-state index contributed by atoms with van der Waals surface area (Å²) in [6, 6.07) is 9.10. The normalized spacial score (nSPS) is 10.4. The van der Waals surface area contributed by atoms with Gasteiger partial charge in [-0.05, 0) is 24.3 Å². The molecule has 0 aromatic heterocycles. The Labute approximate surface area is 149 Å². The van der Waals surface area contributed by atoms with E-state index in [-0.39, 0.29) is 11.4 Å². The second-order valence-corrected chi connectivity index (χ2v) is 4.95. The van der Waals surface area contributed by atoms with Crippen LogP contribution in [-0.4, -0.2) is 38.4 Å². The van der Waals surface area contributed by atoms with E-state index in [4.69, 9.17) is 14.2 Å². The number of rotatable bonds is 7. The van der Waals surface area contributed by atoms with Crippen molar-refractivity contribution in [1.82, 2.24) is 5.43 Å². The van der Waals surface area contributed by atoms with Gasteiger partial charge in [-0.15, -0.1) is 0 Å². The molecular formula is C17H17N3O6. The van der Waals surface area contributed by atoms with Crippen LogP contribution in [0.3, 0.4) is 0 Å². The average Bonchev–Trinajstić information content (AvgIpc) is 2.67. The van der Waals surface area contributed by atoms with Crippen LogP contribution in [0.4, 0.5) is 5.69 Å². The van der Waals surface area contributed by atoms with Crippen LogP contribution < -0.4 is 19.6 Å².